The van der Waals surface area contributed by atoms with Gasteiger partial charge in [0, 0.05) is 21.8 Å². The Kier molecular flexibility index (Phi) is 5.93. The number of hydrogen-bond donors (Lipinski definition) is 1. The zero-order valence-corrected chi connectivity index (χ0v) is 18.6. The van der Waals surface area contributed by atoms with Crippen molar-refractivity contribution >= 4 is 23.0 Å². The minimum absolute atomic E-state index is 0.289. The van der Waals surface area contributed by atoms with Crippen molar-refractivity contribution in [2.24, 2.45) is 0 Å². The maximum Gasteiger partial charge on any atom is 0.125 e. The molecule has 0 radical (unpaired) electrons. The lowest BCUT2D eigenvalue weighted by Crippen LogP contribution is -1.98. The van der Waals surface area contributed by atoms with E-state index >= 15 is 0 Å². The molecule has 5 aromatic rings. The summed E-state index contributed by atoms with van der Waals surface area (Å²) in [6.45, 7) is 0. The molecule has 0 heterocycles. The summed E-state index contributed by atoms with van der Waals surface area (Å²) < 4.78 is 14.0. The first-order valence-corrected chi connectivity index (χ1v) is 11.1. The van der Waals surface area contributed by atoms with E-state index in [-0.39, 0.29) is 5.82 Å². The van der Waals surface area contributed by atoms with Crippen LogP contribution in [0.15, 0.2) is 121 Å². The lowest BCUT2D eigenvalue weighted by molar-refractivity contribution is 0.628. The second-order valence-corrected chi connectivity index (χ2v) is 8.26. The van der Waals surface area contributed by atoms with Gasteiger partial charge in [0.05, 0.1) is 5.69 Å². The number of anilines is 2. The number of nitrogens with one attached hydrogen (secondary N) is 1. The first kappa shape index (κ1) is 21.0. The Morgan fingerprint density at radius 2 is 1.09 bits per heavy atom. The van der Waals surface area contributed by atoms with Crippen LogP contribution < -0.4 is 5.32 Å². The van der Waals surface area contributed by atoms with E-state index in [0.717, 1.165) is 39.1 Å². The van der Waals surface area contributed by atoms with Crippen LogP contribution in [0.2, 0.25) is 5.02 Å². The van der Waals surface area contributed by atoms with Gasteiger partial charge in [0.15, 0.2) is 0 Å². The fourth-order valence-corrected chi connectivity index (χ4v) is 4.24. The lowest BCUT2D eigenvalue weighted by Gasteiger charge is -2.19. The van der Waals surface area contributed by atoms with Crippen molar-refractivity contribution < 1.29 is 4.39 Å². The van der Waals surface area contributed by atoms with Gasteiger partial charge < -0.3 is 5.32 Å². The molecule has 1 N–H and O–H groups in total. The third-order valence-corrected chi connectivity index (χ3v) is 5.78. The lowest BCUT2D eigenvalue weighted by atomic mass is 9.93. The van der Waals surface area contributed by atoms with Crippen LogP contribution in [-0.2, 0) is 0 Å². The summed E-state index contributed by atoms with van der Waals surface area (Å²) in [5.74, 6) is -0.289. The highest BCUT2D eigenvalue weighted by atomic mass is 35.5. The fraction of sp³-hybridized carbons (Fsp3) is 0. The van der Waals surface area contributed by atoms with E-state index in [1.807, 2.05) is 72.8 Å². The molecule has 0 aliphatic rings. The van der Waals surface area contributed by atoms with Crippen molar-refractivity contribution in [3.63, 3.8) is 0 Å². The van der Waals surface area contributed by atoms with E-state index < -0.39 is 0 Å². The molecule has 0 unspecified atom stereocenters. The quantitative estimate of drug-likeness (QED) is 0.282. The summed E-state index contributed by atoms with van der Waals surface area (Å²) in [5, 5.41) is 4.10. The zero-order chi connectivity index (χ0) is 22.6. The summed E-state index contributed by atoms with van der Waals surface area (Å²) in [4.78, 5) is 0. The van der Waals surface area contributed by atoms with Crippen LogP contribution in [0.3, 0.4) is 0 Å². The van der Waals surface area contributed by atoms with E-state index in [2.05, 4.69) is 35.6 Å². The maximum absolute atomic E-state index is 14.0. The Morgan fingerprint density at radius 3 is 1.79 bits per heavy atom. The van der Waals surface area contributed by atoms with E-state index in [4.69, 9.17) is 11.6 Å². The van der Waals surface area contributed by atoms with Crippen molar-refractivity contribution in [1.29, 1.82) is 0 Å². The number of rotatable bonds is 5. The minimum atomic E-state index is -0.289. The van der Waals surface area contributed by atoms with Crippen LogP contribution in [0.4, 0.5) is 15.8 Å². The van der Waals surface area contributed by atoms with E-state index in [1.54, 1.807) is 6.07 Å². The van der Waals surface area contributed by atoms with Gasteiger partial charge in [-0.05, 0) is 58.7 Å². The van der Waals surface area contributed by atoms with Gasteiger partial charge in [0.1, 0.15) is 5.82 Å². The summed E-state index contributed by atoms with van der Waals surface area (Å²) in [7, 11) is 0. The number of hydrogen-bond acceptors (Lipinski definition) is 1. The van der Waals surface area contributed by atoms with Crippen LogP contribution in [0.1, 0.15) is 0 Å². The zero-order valence-electron chi connectivity index (χ0n) is 17.8. The molecule has 0 spiro atoms. The van der Waals surface area contributed by atoms with E-state index in [9.17, 15) is 4.39 Å². The normalized spacial score (nSPS) is 10.7. The van der Waals surface area contributed by atoms with Gasteiger partial charge in [-0.1, -0.05) is 96.5 Å². The third-order valence-electron chi connectivity index (χ3n) is 5.56. The highest BCUT2D eigenvalue weighted by Gasteiger charge is 2.15. The molecular formula is C30H21ClFN. The molecule has 0 aliphatic heterocycles. The average Bonchev–Trinajstić information content (AvgIpc) is 2.86. The molecule has 0 amide bonds. The SMILES string of the molecule is Fc1cccc(Nc2c(-c3ccccc3)cc(Cl)cc2-c2cccc(-c3ccccc3)c2)c1. The molecule has 3 heteroatoms. The Labute approximate surface area is 198 Å². The topological polar surface area (TPSA) is 12.0 Å². The first-order chi connectivity index (χ1) is 16.2. The van der Waals surface area contributed by atoms with Gasteiger partial charge in [0.2, 0.25) is 0 Å². The van der Waals surface area contributed by atoms with Crippen LogP contribution in [0, 0.1) is 5.82 Å². The molecule has 5 aromatic carbocycles. The molecule has 0 aromatic heterocycles. The van der Waals surface area contributed by atoms with Crippen LogP contribution in [0.25, 0.3) is 33.4 Å². The second-order valence-electron chi connectivity index (χ2n) is 7.82. The summed E-state index contributed by atoms with van der Waals surface area (Å²) in [6, 6.07) is 39.1. The molecule has 33 heavy (non-hydrogen) atoms. The molecule has 0 fully saturated rings. The largest absolute Gasteiger partial charge is 0.354 e. The Bertz CT molecular complexity index is 1400. The highest BCUT2D eigenvalue weighted by Crippen LogP contribution is 2.42. The van der Waals surface area contributed by atoms with Gasteiger partial charge in [-0.2, -0.15) is 0 Å². The molecule has 160 valence electrons. The summed E-state index contributed by atoms with van der Waals surface area (Å²) >= 11 is 6.62. The second kappa shape index (κ2) is 9.32. The summed E-state index contributed by atoms with van der Waals surface area (Å²) in [5.41, 5.74) is 7.76. The highest BCUT2D eigenvalue weighted by molar-refractivity contribution is 6.31. The molecule has 0 atom stereocenters. The van der Waals surface area contributed by atoms with Crippen LogP contribution >= 0.6 is 11.6 Å². The molecule has 0 saturated carbocycles. The predicted molar refractivity (Wildman–Crippen MR) is 137 cm³/mol. The third kappa shape index (κ3) is 4.67. The molecule has 0 aliphatic carbocycles. The Hall–Kier alpha value is -3.88. The monoisotopic (exact) mass is 449 g/mol. The molecule has 0 saturated heterocycles. The van der Waals surface area contributed by atoms with E-state index in [0.29, 0.717) is 10.7 Å². The van der Waals surface area contributed by atoms with Gasteiger partial charge in [-0.3, -0.25) is 0 Å². The number of benzene rings is 5. The van der Waals surface area contributed by atoms with Crippen molar-refractivity contribution in [2.75, 3.05) is 5.32 Å². The first-order valence-electron chi connectivity index (χ1n) is 10.7. The summed E-state index contributed by atoms with van der Waals surface area (Å²) in [6.07, 6.45) is 0. The maximum atomic E-state index is 14.0. The predicted octanol–water partition coefficient (Wildman–Crippen LogP) is 9.22. The van der Waals surface area contributed by atoms with Crippen LogP contribution in [-0.4, -0.2) is 0 Å². The van der Waals surface area contributed by atoms with Gasteiger partial charge in [-0.25, -0.2) is 4.39 Å². The fourth-order valence-electron chi connectivity index (χ4n) is 4.02. The Morgan fingerprint density at radius 1 is 0.515 bits per heavy atom. The van der Waals surface area contributed by atoms with Gasteiger partial charge in [0.25, 0.3) is 0 Å². The van der Waals surface area contributed by atoms with E-state index in [1.165, 1.54) is 12.1 Å². The Balaban J connectivity index is 1.71. The standard InChI is InChI=1S/C30H21ClFN/c31-25-18-28(22-11-5-2-6-12-22)30(33-27-16-8-15-26(32)20-27)29(19-25)24-14-7-13-23(17-24)21-9-3-1-4-10-21/h1-20,33H. The van der Waals surface area contributed by atoms with Crippen LogP contribution in [0.5, 0.6) is 0 Å². The molecular weight excluding hydrogens is 429 g/mol. The minimum Gasteiger partial charge on any atom is -0.354 e. The van der Waals surface area contributed by atoms with Crippen molar-refractivity contribution in [2.45, 2.75) is 0 Å². The van der Waals surface area contributed by atoms with Gasteiger partial charge in [-0.15, -0.1) is 0 Å². The molecule has 1 nitrogen and oxygen atoms in total. The van der Waals surface area contributed by atoms with Crippen molar-refractivity contribution in [3.05, 3.63) is 132 Å². The smallest absolute Gasteiger partial charge is 0.125 e. The van der Waals surface area contributed by atoms with Crippen molar-refractivity contribution in [3.8, 4) is 33.4 Å². The van der Waals surface area contributed by atoms with Gasteiger partial charge >= 0.3 is 0 Å². The molecule has 0 bridgehead atoms. The van der Waals surface area contributed by atoms with Crippen molar-refractivity contribution in [1.82, 2.24) is 0 Å². The number of halogens is 2. The molecule has 5 rings (SSSR count). The average molecular weight is 450 g/mol.